The zero-order valence-corrected chi connectivity index (χ0v) is 9.79. The van der Waals surface area contributed by atoms with Crippen LogP contribution >= 0.6 is 11.3 Å². The van der Waals surface area contributed by atoms with E-state index < -0.39 is 0 Å². The van der Waals surface area contributed by atoms with Crippen molar-refractivity contribution in [1.29, 1.82) is 0 Å². The van der Waals surface area contributed by atoms with Crippen molar-refractivity contribution in [2.45, 2.75) is 6.92 Å². The average Bonchev–Trinajstić information content (AvgIpc) is 2.75. The maximum absolute atomic E-state index is 4.30. The number of thiophene rings is 1. The highest BCUT2D eigenvalue weighted by molar-refractivity contribution is 7.10. The van der Waals surface area contributed by atoms with Gasteiger partial charge in [0.15, 0.2) is 0 Å². The number of fused-ring (bicyclic) bond motifs is 1. The molecule has 78 valence electrons. The fourth-order valence-corrected chi connectivity index (χ4v) is 2.63. The molecule has 0 aliphatic rings. The summed E-state index contributed by atoms with van der Waals surface area (Å²) < 4.78 is 0. The molecule has 3 aromatic rings. The Bertz CT molecular complexity index is 635. The van der Waals surface area contributed by atoms with Crippen molar-refractivity contribution in [3.8, 4) is 11.1 Å². The second-order valence-electron chi connectivity index (χ2n) is 3.85. The molecule has 0 aliphatic carbocycles. The van der Waals surface area contributed by atoms with Crippen molar-refractivity contribution in [2.75, 3.05) is 0 Å². The van der Waals surface area contributed by atoms with Crippen molar-refractivity contribution in [3.05, 3.63) is 53.0 Å². The lowest BCUT2D eigenvalue weighted by molar-refractivity contribution is 1.36. The molecule has 0 amide bonds. The van der Waals surface area contributed by atoms with Crippen LogP contribution < -0.4 is 0 Å². The molecule has 2 aromatic heterocycles. The van der Waals surface area contributed by atoms with Gasteiger partial charge in [-0.1, -0.05) is 24.3 Å². The predicted molar refractivity (Wildman–Crippen MR) is 69.8 cm³/mol. The summed E-state index contributed by atoms with van der Waals surface area (Å²) in [6.07, 6.45) is 3.86. The van der Waals surface area contributed by atoms with Gasteiger partial charge < -0.3 is 0 Å². The molecular weight excluding hydrogens is 214 g/mol. The lowest BCUT2D eigenvalue weighted by Gasteiger charge is -2.03. The van der Waals surface area contributed by atoms with Crippen LogP contribution in [0.4, 0.5) is 0 Å². The monoisotopic (exact) mass is 225 g/mol. The van der Waals surface area contributed by atoms with Gasteiger partial charge in [-0.15, -0.1) is 11.3 Å². The molecule has 1 nitrogen and oxygen atoms in total. The number of hydrogen-bond acceptors (Lipinski definition) is 2. The second kappa shape index (κ2) is 3.72. The van der Waals surface area contributed by atoms with Gasteiger partial charge in [0, 0.05) is 28.2 Å². The molecule has 0 saturated heterocycles. The van der Waals surface area contributed by atoms with Crippen LogP contribution in [0.2, 0.25) is 0 Å². The lowest BCUT2D eigenvalue weighted by atomic mass is 10.0. The van der Waals surface area contributed by atoms with E-state index in [0.29, 0.717) is 0 Å². The Morgan fingerprint density at radius 3 is 2.81 bits per heavy atom. The summed E-state index contributed by atoms with van der Waals surface area (Å²) >= 11 is 1.78. The Morgan fingerprint density at radius 1 is 1.12 bits per heavy atom. The largest absolute Gasteiger partial charge is 0.263 e. The molecule has 2 heterocycles. The van der Waals surface area contributed by atoms with Crippen LogP contribution in [-0.2, 0) is 0 Å². The lowest BCUT2D eigenvalue weighted by Crippen LogP contribution is -1.81. The minimum absolute atomic E-state index is 1.20. The summed E-state index contributed by atoms with van der Waals surface area (Å²) in [5, 5.41) is 4.66. The molecular formula is C14H11NS. The average molecular weight is 225 g/mol. The number of benzene rings is 1. The topological polar surface area (TPSA) is 12.9 Å². The molecule has 0 spiro atoms. The highest BCUT2D eigenvalue weighted by atomic mass is 32.1. The molecule has 0 atom stereocenters. The Morgan fingerprint density at radius 2 is 2.00 bits per heavy atom. The van der Waals surface area contributed by atoms with Crippen LogP contribution in [0.15, 0.2) is 48.1 Å². The first-order valence-electron chi connectivity index (χ1n) is 5.23. The molecule has 0 saturated carbocycles. The minimum Gasteiger partial charge on any atom is -0.263 e. The van der Waals surface area contributed by atoms with Gasteiger partial charge in [-0.3, -0.25) is 4.98 Å². The van der Waals surface area contributed by atoms with Gasteiger partial charge in [-0.25, -0.2) is 0 Å². The van der Waals surface area contributed by atoms with E-state index in [1.54, 1.807) is 11.3 Å². The predicted octanol–water partition coefficient (Wildman–Crippen LogP) is 4.27. The number of pyridine rings is 1. The zero-order valence-electron chi connectivity index (χ0n) is 8.97. The van der Waals surface area contributed by atoms with E-state index in [0.717, 1.165) is 0 Å². The molecule has 0 N–H and O–H groups in total. The third-order valence-electron chi connectivity index (χ3n) is 2.71. The summed E-state index contributed by atoms with van der Waals surface area (Å²) in [4.78, 5) is 5.64. The Balaban J connectivity index is 2.31. The maximum atomic E-state index is 4.30. The van der Waals surface area contributed by atoms with Crippen molar-refractivity contribution in [3.63, 3.8) is 0 Å². The van der Waals surface area contributed by atoms with E-state index in [1.165, 1.54) is 26.8 Å². The first-order valence-corrected chi connectivity index (χ1v) is 6.11. The molecule has 1 aromatic carbocycles. The number of rotatable bonds is 1. The van der Waals surface area contributed by atoms with Crippen LogP contribution in [0.5, 0.6) is 0 Å². The van der Waals surface area contributed by atoms with Gasteiger partial charge in [0.05, 0.1) is 0 Å². The van der Waals surface area contributed by atoms with E-state index in [2.05, 4.69) is 41.6 Å². The number of nitrogens with zero attached hydrogens (tertiary/aromatic N) is 1. The smallest absolute Gasteiger partial charge is 0.0353 e. The quantitative estimate of drug-likeness (QED) is 0.602. The SMILES string of the molecule is Cc1cc(-c2cncc3ccccc23)cs1. The van der Waals surface area contributed by atoms with E-state index in [4.69, 9.17) is 0 Å². The summed E-state index contributed by atoms with van der Waals surface area (Å²) in [6, 6.07) is 10.6. The number of hydrogen-bond donors (Lipinski definition) is 0. The maximum Gasteiger partial charge on any atom is 0.0353 e. The van der Waals surface area contributed by atoms with Crippen LogP contribution in [-0.4, -0.2) is 4.98 Å². The normalized spacial score (nSPS) is 10.8. The molecule has 0 radical (unpaired) electrons. The Hall–Kier alpha value is -1.67. The third kappa shape index (κ3) is 1.51. The molecule has 0 fully saturated rings. The summed E-state index contributed by atoms with van der Waals surface area (Å²) in [6.45, 7) is 2.13. The molecule has 0 unspecified atom stereocenters. The van der Waals surface area contributed by atoms with Crippen molar-refractivity contribution < 1.29 is 0 Å². The standard InChI is InChI=1S/C14H11NS/c1-10-6-12(9-16-10)14-8-15-7-11-4-2-3-5-13(11)14/h2-9H,1H3. The molecule has 3 rings (SSSR count). The van der Waals surface area contributed by atoms with Crippen molar-refractivity contribution in [2.24, 2.45) is 0 Å². The van der Waals surface area contributed by atoms with E-state index in [9.17, 15) is 0 Å². The minimum atomic E-state index is 1.20. The Labute approximate surface area is 98.4 Å². The van der Waals surface area contributed by atoms with Gasteiger partial charge >= 0.3 is 0 Å². The second-order valence-corrected chi connectivity index (χ2v) is 4.97. The molecule has 0 aliphatic heterocycles. The fourth-order valence-electron chi connectivity index (χ4n) is 1.93. The first kappa shape index (κ1) is 9.55. The van der Waals surface area contributed by atoms with Crippen LogP contribution in [0.1, 0.15) is 4.88 Å². The first-order chi connectivity index (χ1) is 7.84. The molecule has 0 bridgehead atoms. The van der Waals surface area contributed by atoms with E-state index in [1.807, 2.05) is 18.5 Å². The summed E-state index contributed by atoms with van der Waals surface area (Å²) in [5.74, 6) is 0. The third-order valence-corrected chi connectivity index (χ3v) is 3.57. The van der Waals surface area contributed by atoms with Crippen molar-refractivity contribution in [1.82, 2.24) is 4.98 Å². The van der Waals surface area contributed by atoms with Crippen LogP contribution in [0, 0.1) is 6.92 Å². The van der Waals surface area contributed by atoms with Gasteiger partial charge in [0.1, 0.15) is 0 Å². The van der Waals surface area contributed by atoms with Gasteiger partial charge in [-0.2, -0.15) is 0 Å². The van der Waals surface area contributed by atoms with E-state index >= 15 is 0 Å². The van der Waals surface area contributed by atoms with Gasteiger partial charge in [0.2, 0.25) is 0 Å². The summed E-state index contributed by atoms with van der Waals surface area (Å²) in [7, 11) is 0. The van der Waals surface area contributed by atoms with Crippen molar-refractivity contribution >= 4 is 22.1 Å². The Kier molecular flexibility index (Phi) is 2.22. The molecule has 2 heteroatoms. The highest BCUT2D eigenvalue weighted by Gasteiger charge is 2.04. The van der Waals surface area contributed by atoms with Crippen LogP contribution in [0.25, 0.3) is 21.9 Å². The van der Waals surface area contributed by atoms with E-state index in [-0.39, 0.29) is 0 Å². The van der Waals surface area contributed by atoms with Crippen LogP contribution in [0.3, 0.4) is 0 Å². The fraction of sp³-hybridized carbons (Fsp3) is 0.0714. The zero-order chi connectivity index (χ0) is 11.0. The van der Waals surface area contributed by atoms with Gasteiger partial charge in [0.25, 0.3) is 0 Å². The highest BCUT2D eigenvalue weighted by Crippen LogP contribution is 2.30. The number of aryl methyl sites for hydroxylation is 1. The van der Waals surface area contributed by atoms with Gasteiger partial charge in [-0.05, 0) is 29.3 Å². The summed E-state index contributed by atoms with van der Waals surface area (Å²) in [5.41, 5.74) is 2.49. The number of aromatic nitrogens is 1. The molecule has 16 heavy (non-hydrogen) atoms.